The molecule has 0 radical (unpaired) electrons. The lowest BCUT2D eigenvalue weighted by Crippen LogP contribution is -2.60. The Hall–Kier alpha value is -0.120. The summed E-state index contributed by atoms with van der Waals surface area (Å²) < 4.78 is 10.9. The average Bonchev–Trinajstić information content (AvgIpc) is 2.38. The molecule has 3 rings (SSSR count). The molecule has 0 aromatic rings. The van der Waals surface area contributed by atoms with Crippen molar-refractivity contribution in [3.8, 4) is 0 Å². The highest BCUT2D eigenvalue weighted by atomic mass is 16.6. The van der Waals surface area contributed by atoms with Crippen molar-refractivity contribution in [3.63, 3.8) is 0 Å². The van der Waals surface area contributed by atoms with E-state index in [1.54, 1.807) is 0 Å². The quantitative estimate of drug-likeness (QED) is 0.499. The molecule has 0 saturated carbocycles. The van der Waals surface area contributed by atoms with Crippen LogP contribution in [0.5, 0.6) is 0 Å². The molecular formula is C8H13NO2. The van der Waals surface area contributed by atoms with Gasteiger partial charge in [-0.1, -0.05) is 0 Å². The van der Waals surface area contributed by atoms with E-state index < -0.39 is 0 Å². The molecule has 0 aromatic carbocycles. The molecule has 1 atom stereocenters. The van der Waals surface area contributed by atoms with Crippen molar-refractivity contribution in [2.75, 3.05) is 26.4 Å². The molecule has 3 heteroatoms. The lowest BCUT2D eigenvalue weighted by Gasteiger charge is -2.43. The van der Waals surface area contributed by atoms with Gasteiger partial charge in [-0.15, -0.1) is 0 Å². The Labute approximate surface area is 66.3 Å². The molecule has 0 bridgehead atoms. The fourth-order valence-corrected chi connectivity index (χ4v) is 2.41. The van der Waals surface area contributed by atoms with E-state index in [0.717, 1.165) is 19.8 Å². The zero-order valence-corrected chi connectivity index (χ0v) is 6.58. The van der Waals surface area contributed by atoms with Gasteiger partial charge in [0.05, 0.1) is 19.8 Å². The third kappa shape index (κ3) is 0.687. The second-order valence-corrected chi connectivity index (χ2v) is 3.74. The standard InChI is InChI=1S/C8H13NO2/c1-2-7-4-11-8(5-10-6-8)9(7)3-1/h7H,1-6H2/t7-/m0/s1. The topological polar surface area (TPSA) is 21.7 Å². The second-order valence-electron chi connectivity index (χ2n) is 3.74. The molecule has 0 N–H and O–H groups in total. The van der Waals surface area contributed by atoms with Crippen LogP contribution in [-0.4, -0.2) is 43.0 Å². The van der Waals surface area contributed by atoms with Gasteiger partial charge in [0.1, 0.15) is 0 Å². The summed E-state index contributed by atoms with van der Waals surface area (Å²) in [4.78, 5) is 2.50. The van der Waals surface area contributed by atoms with E-state index in [0.29, 0.717) is 6.04 Å². The van der Waals surface area contributed by atoms with Crippen LogP contribution in [0.2, 0.25) is 0 Å². The highest BCUT2D eigenvalue weighted by molar-refractivity contribution is 4.99. The Kier molecular flexibility index (Phi) is 1.15. The van der Waals surface area contributed by atoms with Crippen molar-refractivity contribution in [1.82, 2.24) is 4.90 Å². The van der Waals surface area contributed by atoms with Crippen LogP contribution in [0.15, 0.2) is 0 Å². The molecule has 62 valence electrons. The Morgan fingerprint density at radius 3 is 3.00 bits per heavy atom. The molecule has 11 heavy (non-hydrogen) atoms. The molecular weight excluding hydrogens is 142 g/mol. The predicted molar refractivity (Wildman–Crippen MR) is 39.2 cm³/mol. The van der Waals surface area contributed by atoms with E-state index in [9.17, 15) is 0 Å². The summed E-state index contributed by atoms with van der Waals surface area (Å²) in [6.07, 6.45) is 2.66. The molecule has 3 aliphatic heterocycles. The third-order valence-electron chi connectivity index (χ3n) is 3.10. The Bertz CT molecular complexity index is 179. The maximum Gasteiger partial charge on any atom is 0.169 e. The number of fused-ring (bicyclic) bond motifs is 2. The lowest BCUT2D eigenvalue weighted by atomic mass is 10.1. The van der Waals surface area contributed by atoms with Gasteiger partial charge in [0, 0.05) is 12.6 Å². The van der Waals surface area contributed by atoms with E-state index in [1.807, 2.05) is 0 Å². The van der Waals surface area contributed by atoms with E-state index in [4.69, 9.17) is 9.47 Å². The van der Waals surface area contributed by atoms with Gasteiger partial charge in [0.2, 0.25) is 0 Å². The van der Waals surface area contributed by atoms with E-state index in [1.165, 1.54) is 19.4 Å². The van der Waals surface area contributed by atoms with Gasteiger partial charge in [-0.25, -0.2) is 0 Å². The summed E-state index contributed by atoms with van der Waals surface area (Å²) in [5.41, 5.74) is 0.0289. The molecule has 0 aliphatic carbocycles. The van der Waals surface area contributed by atoms with E-state index in [-0.39, 0.29) is 5.72 Å². The number of hydrogen-bond acceptors (Lipinski definition) is 3. The van der Waals surface area contributed by atoms with Gasteiger partial charge < -0.3 is 9.47 Å². The van der Waals surface area contributed by atoms with E-state index >= 15 is 0 Å². The van der Waals surface area contributed by atoms with E-state index in [2.05, 4.69) is 4.90 Å². The maximum atomic E-state index is 5.74. The molecule has 0 aromatic heterocycles. The van der Waals surface area contributed by atoms with Crippen LogP contribution in [0, 0.1) is 0 Å². The summed E-state index contributed by atoms with van der Waals surface area (Å²) in [5.74, 6) is 0. The molecule has 3 saturated heterocycles. The van der Waals surface area contributed by atoms with Gasteiger partial charge in [-0.2, -0.15) is 0 Å². The fraction of sp³-hybridized carbons (Fsp3) is 1.00. The monoisotopic (exact) mass is 155 g/mol. The predicted octanol–water partition coefficient (Wildman–Crippen LogP) is 0.208. The summed E-state index contributed by atoms with van der Waals surface area (Å²) in [7, 11) is 0. The Morgan fingerprint density at radius 2 is 2.27 bits per heavy atom. The van der Waals surface area contributed by atoms with Crippen molar-refractivity contribution >= 4 is 0 Å². The minimum Gasteiger partial charge on any atom is -0.372 e. The molecule has 3 aliphatic rings. The van der Waals surface area contributed by atoms with Crippen LogP contribution in [0.25, 0.3) is 0 Å². The normalized spacial score (nSPS) is 40.9. The van der Waals surface area contributed by atoms with Crippen LogP contribution < -0.4 is 0 Å². The molecule has 0 unspecified atom stereocenters. The largest absolute Gasteiger partial charge is 0.372 e. The minimum atomic E-state index is 0.0289. The molecule has 0 amide bonds. The maximum absolute atomic E-state index is 5.74. The van der Waals surface area contributed by atoms with Crippen LogP contribution in [0.3, 0.4) is 0 Å². The van der Waals surface area contributed by atoms with Gasteiger partial charge in [0.25, 0.3) is 0 Å². The second kappa shape index (κ2) is 1.97. The Balaban J connectivity index is 1.86. The van der Waals surface area contributed by atoms with Crippen molar-refractivity contribution in [3.05, 3.63) is 0 Å². The first-order valence-corrected chi connectivity index (χ1v) is 4.39. The highest BCUT2D eigenvalue weighted by Crippen LogP contribution is 2.38. The zero-order valence-electron chi connectivity index (χ0n) is 6.58. The van der Waals surface area contributed by atoms with Gasteiger partial charge in [-0.3, -0.25) is 4.90 Å². The first-order chi connectivity index (χ1) is 5.41. The first kappa shape index (κ1) is 6.40. The average molecular weight is 155 g/mol. The van der Waals surface area contributed by atoms with Gasteiger partial charge in [-0.05, 0) is 12.8 Å². The van der Waals surface area contributed by atoms with Crippen molar-refractivity contribution < 1.29 is 9.47 Å². The molecule has 3 fully saturated rings. The fourth-order valence-electron chi connectivity index (χ4n) is 2.41. The lowest BCUT2D eigenvalue weighted by molar-refractivity contribution is -0.241. The number of nitrogens with zero attached hydrogens (tertiary/aromatic N) is 1. The summed E-state index contributed by atoms with van der Waals surface area (Å²) in [5, 5.41) is 0. The van der Waals surface area contributed by atoms with Crippen LogP contribution >= 0.6 is 0 Å². The van der Waals surface area contributed by atoms with Gasteiger partial charge >= 0.3 is 0 Å². The summed E-state index contributed by atoms with van der Waals surface area (Å²) in [6, 6.07) is 0.707. The number of ether oxygens (including phenoxy) is 2. The van der Waals surface area contributed by atoms with Crippen LogP contribution in [0.1, 0.15) is 12.8 Å². The smallest absolute Gasteiger partial charge is 0.169 e. The number of hydrogen-bond donors (Lipinski definition) is 0. The van der Waals surface area contributed by atoms with Crippen molar-refractivity contribution in [2.45, 2.75) is 24.6 Å². The molecule has 1 spiro atoms. The van der Waals surface area contributed by atoms with Crippen LogP contribution in [0.4, 0.5) is 0 Å². The molecule has 3 heterocycles. The third-order valence-corrected chi connectivity index (χ3v) is 3.10. The zero-order chi connectivity index (χ0) is 7.31. The first-order valence-electron chi connectivity index (χ1n) is 4.39. The summed E-state index contributed by atoms with van der Waals surface area (Å²) in [6.45, 7) is 3.74. The minimum absolute atomic E-state index is 0.0289. The Morgan fingerprint density at radius 1 is 1.36 bits per heavy atom. The van der Waals surface area contributed by atoms with Crippen LogP contribution in [-0.2, 0) is 9.47 Å². The van der Waals surface area contributed by atoms with Crippen molar-refractivity contribution in [2.24, 2.45) is 0 Å². The SMILES string of the molecule is C1C[C@H]2COC3(COC3)N2C1. The highest BCUT2D eigenvalue weighted by Gasteiger charge is 2.54. The van der Waals surface area contributed by atoms with Gasteiger partial charge in [0.15, 0.2) is 5.72 Å². The number of rotatable bonds is 0. The molecule has 3 nitrogen and oxygen atoms in total. The van der Waals surface area contributed by atoms with Crippen molar-refractivity contribution in [1.29, 1.82) is 0 Å². The summed E-state index contributed by atoms with van der Waals surface area (Å²) >= 11 is 0.